The third-order valence-electron chi connectivity index (χ3n) is 5.62. The fraction of sp³-hybridized carbons (Fsp3) is 0.364. The Morgan fingerprint density at radius 1 is 1.23 bits per heavy atom. The number of aryl methyl sites for hydroxylation is 2. The van der Waals surface area contributed by atoms with Gasteiger partial charge < -0.3 is 9.32 Å². The van der Waals surface area contributed by atoms with Crippen LogP contribution in [0.3, 0.4) is 0 Å². The van der Waals surface area contributed by atoms with Crippen LogP contribution < -0.4 is 4.31 Å². The molecule has 8 nitrogen and oxygen atoms in total. The number of aromatic nitrogens is 2. The number of anilines is 1. The molecule has 1 aliphatic rings. The fourth-order valence-corrected chi connectivity index (χ4v) is 5.71. The quantitative estimate of drug-likeness (QED) is 0.627. The zero-order valence-corrected chi connectivity index (χ0v) is 18.7. The Balaban J connectivity index is 1.72. The standard InChI is InChI=1S/C22H26N4O4S/c1-4-26(18-10-6-5-9-15(18)2)31(28,29)20-13-19(30-16(20)3)21-17(14-23-24-21)22(27)25-11-7-8-12-25/h5-6,9-10,13-14H,4,7-8,11-12H2,1-3H3,(H,23,24). The Hall–Kier alpha value is -3.07. The van der Waals surface area contributed by atoms with Gasteiger partial charge in [-0.05, 0) is 45.2 Å². The van der Waals surface area contributed by atoms with Crippen molar-refractivity contribution >= 4 is 21.6 Å². The Morgan fingerprint density at radius 3 is 2.61 bits per heavy atom. The molecular weight excluding hydrogens is 416 g/mol. The highest BCUT2D eigenvalue weighted by atomic mass is 32.2. The van der Waals surface area contributed by atoms with Crippen molar-refractivity contribution in [2.24, 2.45) is 0 Å². The molecule has 3 aromatic rings. The number of likely N-dealkylation sites (tertiary alicyclic amines) is 1. The number of hydrogen-bond acceptors (Lipinski definition) is 5. The van der Waals surface area contributed by atoms with E-state index in [2.05, 4.69) is 10.2 Å². The van der Waals surface area contributed by atoms with E-state index in [1.165, 1.54) is 16.6 Å². The molecule has 164 valence electrons. The third-order valence-corrected chi connectivity index (χ3v) is 7.62. The summed E-state index contributed by atoms with van der Waals surface area (Å²) >= 11 is 0. The third kappa shape index (κ3) is 3.74. The second-order valence-electron chi connectivity index (χ2n) is 7.65. The zero-order valence-electron chi connectivity index (χ0n) is 17.9. The molecule has 1 N–H and O–H groups in total. The Morgan fingerprint density at radius 2 is 1.94 bits per heavy atom. The van der Waals surface area contributed by atoms with Crippen LogP contribution in [0.15, 0.2) is 45.8 Å². The maximum Gasteiger partial charge on any atom is 0.267 e. The molecule has 1 aromatic carbocycles. The van der Waals surface area contributed by atoms with Crippen molar-refractivity contribution in [3.63, 3.8) is 0 Å². The van der Waals surface area contributed by atoms with E-state index in [0.29, 0.717) is 30.0 Å². The van der Waals surface area contributed by atoms with E-state index in [1.807, 2.05) is 25.1 Å². The van der Waals surface area contributed by atoms with Crippen molar-refractivity contribution in [1.29, 1.82) is 0 Å². The second kappa shape index (κ2) is 8.22. The summed E-state index contributed by atoms with van der Waals surface area (Å²) in [4.78, 5) is 14.7. The fourth-order valence-electron chi connectivity index (χ4n) is 4.00. The number of rotatable bonds is 6. The molecule has 1 aliphatic heterocycles. The molecule has 0 radical (unpaired) electrons. The lowest BCUT2D eigenvalue weighted by atomic mass is 10.2. The Bertz CT molecular complexity index is 1210. The topological polar surface area (TPSA) is 99.5 Å². The number of amides is 1. The van der Waals surface area contributed by atoms with Crippen LogP contribution in [-0.2, 0) is 10.0 Å². The van der Waals surface area contributed by atoms with Gasteiger partial charge in [-0.3, -0.25) is 14.2 Å². The number of para-hydroxylation sites is 1. The zero-order chi connectivity index (χ0) is 22.2. The predicted octanol–water partition coefficient (Wildman–Crippen LogP) is 3.74. The van der Waals surface area contributed by atoms with Crippen LogP contribution in [0.1, 0.15) is 41.4 Å². The van der Waals surface area contributed by atoms with Crippen molar-refractivity contribution in [3.8, 4) is 11.5 Å². The molecule has 3 heterocycles. The molecule has 2 aromatic heterocycles. The van der Waals surface area contributed by atoms with Gasteiger partial charge in [0.1, 0.15) is 16.3 Å². The molecule has 1 saturated heterocycles. The Kier molecular flexibility index (Phi) is 5.62. The summed E-state index contributed by atoms with van der Waals surface area (Å²) in [5.74, 6) is 0.406. The summed E-state index contributed by atoms with van der Waals surface area (Å²) < 4.78 is 34.2. The van der Waals surface area contributed by atoms with E-state index in [9.17, 15) is 13.2 Å². The summed E-state index contributed by atoms with van der Waals surface area (Å²) in [5, 5.41) is 6.81. The summed E-state index contributed by atoms with van der Waals surface area (Å²) in [5.41, 5.74) is 2.26. The van der Waals surface area contributed by atoms with Gasteiger partial charge in [-0.2, -0.15) is 5.10 Å². The van der Waals surface area contributed by atoms with Crippen LogP contribution in [-0.4, -0.2) is 49.1 Å². The molecule has 0 spiro atoms. The maximum absolute atomic E-state index is 13.5. The van der Waals surface area contributed by atoms with Gasteiger partial charge in [0.25, 0.3) is 15.9 Å². The number of carbonyl (C=O) groups excluding carboxylic acids is 1. The average Bonchev–Trinajstić information content (AvgIpc) is 3.49. The lowest BCUT2D eigenvalue weighted by Gasteiger charge is -2.24. The van der Waals surface area contributed by atoms with Gasteiger partial charge in [0.2, 0.25) is 0 Å². The van der Waals surface area contributed by atoms with Gasteiger partial charge in [-0.15, -0.1) is 0 Å². The smallest absolute Gasteiger partial charge is 0.267 e. The van der Waals surface area contributed by atoms with Crippen molar-refractivity contribution in [2.45, 2.75) is 38.5 Å². The largest absolute Gasteiger partial charge is 0.458 e. The van der Waals surface area contributed by atoms with Crippen molar-refractivity contribution in [2.75, 3.05) is 23.9 Å². The summed E-state index contributed by atoms with van der Waals surface area (Å²) in [6, 6.07) is 8.82. The molecule has 9 heteroatoms. The van der Waals surface area contributed by atoms with E-state index in [-0.39, 0.29) is 28.9 Å². The van der Waals surface area contributed by atoms with E-state index in [1.54, 1.807) is 24.8 Å². The number of carbonyl (C=O) groups is 1. The van der Waals surface area contributed by atoms with Crippen LogP contribution in [0.5, 0.6) is 0 Å². The van der Waals surface area contributed by atoms with Crippen molar-refractivity contribution < 1.29 is 17.6 Å². The average molecular weight is 443 g/mol. The molecule has 1 fully saturated rings. The lowest BCUT2D eigenvalue weighted by molar-refractivity contribution is 0.0793. The highest BCUT2D eigenvalue weighted by Gasteiger charge is 2.31. The molecule has 4 rings (SSSR count). The number of furan rings is 1. The van der Waals surface area contributed by atoms with Crippen LogP contribution in [0.2, 0.25) is 0 Å². The minimum atomic E-state index is -3.87. The summed E-state index contributed by atoms with van der Waals surface area (Å²) in [6.07, 6.45) is 3.42. The first-order valence-electron chi connectivity index (χ1n) is 10.4. The van der Waals surface area contributed by atoms with E-state index >= 15 is 0 Å². The first kappa shape index (κ1) is 21.2. The molecule has 0 aliphatic carbocycles. The van der Waals surface area contributed by atoms with Gasteiger partial charge in [-0.1, -0.05) is 18.2 Å². The number of nitrogens with zero attached hydrogens (tertiary/aromatic N) is 3. The minimum absolute atomic E-state index is 0.0711. The van der Waals surface area contributed by atoms with Crippen LogP contribution in [0, 0.1) is 13.8 Å². The molecular formula is C22H26N4O4S. The number of H-pyrrole nitrogens is 1. The van der Waals surface area contributed by atoms with Gasteiger partial charge in [-0.25, -0.2) is 8.42 Å². The molecule has 31 heavy (non-hydrogen) atoms. The van der Waals surface area contributed by atoms with Crippen molar-refractivity contribution in [3.05, 3.63) is 53.4 Å². The van der Waals surface area contributed by atoms with Crippen molar-refractivity contribution in [1.82, 2.24) is 15.1 Å². The molecule has 0 bridgehead atoms. The molecule has 1 amide bonds. The Labute approximate surface area is 181 Å². The molecule has 0 saturated carbocycles. The first-order valence-corrected chi connectivity index (χ1v) is 11.8. The SMILES string of the molecule is CCN(c1ccccc1C)S(=O)(=O)c1cc(-c2[nH]ncc2C(=O)N2CCCC2)oc1C. The number of benzene rings is 1. The summed E-state index contributed by atoms with van der Waals surface area (Å²) in [7, 11) is -3.87. The number of sulfonamides is 1. The van der Waals surface area contributed by atoms with Gasteiger partial charge in [0.15, 0.2) is 5.76 Å². The van der Waals surface area contributed by atoms with E-state index < -0.39 is 10.0 Å². The number of hydrogen-bond donors (Lipinski definition) is 1. The first-order chi connectivity index (χ1) is 14.8. The highest BCUT2D eigenvalue weighted by Crippen LogP contribution is 2.34. The van der Waals surface area contributed by atoms with Crippen LogP contribution >= 0.6 is 0 Å². The van der Waals surface area contributed by atoms with Gasteiger partial charge >= 0.3 is 0 Å². The maximum atomic E-state index is 13.5. The van der Waals surface area contributed by atoms with Gasteiger partial charge in [0.05, 0.1) is 17.4 Å². The lowest BCUT2D eigenvalue weighted by Crippen LogP contribution is -2.31. The van der Waals surface area contributed by atoms with Crippen LogP contribution in [0.4, 0.5) is 5.69 Å². The molecule has 0 atom stereocenters. The number of nitrogens with one attached hydrogen (secondary N) is 1. The number of aromatic amines is 1. The van der Waals surface area contributed by atoms with E-state index in [0.717, 1.165) is 18.4 Å². The summed E-state index contributed by atoms with van der Waals surface area (Å²) in [6.45, 7) is 6.98. The second-order valence-corrected chi connectivity index (χ2v) is 9.48. The highest BCUT2D eigenvalue weighted by molar-refractivity contribution is 7.92. The molecule has 0 unspecified atom stereocenters. The normalized spacial score (nSPS) is 14.2. The van der Waals surface area contributed by atoms with Gasteiger partial charge in [0, 0.05) is 25.7 Å². The predicted molar refractivity (Wildman–Crippen MR) is 118 cm³/mol. The van der Waals surface area contributed by atoms with Crippen LogP contribution in [0.25, 0.3) is 11.5 Å². The van der Waals surface area contributed by atoms with E-state index in [4.69, 9.17) is 4.42 Å². The monoisotopic (exact) mass is 442 g/mol. The minimum Gasteiger partial charge on any atom is -0.458 e.